The molecule has 0 bridgehead atoms. The fourth-order valence-electron chi connectivity index (χ4n) is 1.66. The third-order valence-corrected chi connectivity index (χ3v) is 2.70. The fraction of sp³-hybridized carbons (Fsp3) is 0.263. The third-order valence-electron chi connectivity index (χ3n) is 2.70. The Morgan fingerprint density at radius 1 is 0.958 bits per heavy atom. The normalized spacial score (nSPS) is 10.1. The van der Waals surface area contributed by atoms with E-state index in [-0.39, 0.29) is 6.09 Å². The lowest BCUT2D eigenvalue weighted by molar-refractivity contribution is 0.0523. The highest BCUT2D eigenvalue weighted by atomic mass is 16.6. The monoisotopic (exact) mass is 329 g/mol. The van der Waals surface area contributed by atoms with Gasteiger partial charge in [0.2, 0.25) is 0 Å². The van der Waals surface area contributed by atoms with Gasteiger partial charge in [0.25, 0.3) is 0 Å². The van der Waals surface area contributed by atoms with Crippen LogP contribution in [0.1, 0.15) is 36.7 Å². The zero-order chi connectivity index (χ0) is 18.0. The van der Waals surface area contributed by atoms with Crippen molar-refractivity contribution >= 4 is 12.1 Å². The van der Waals surface area contributed by atoms with Crippen molar-refractivity contribution in [2.75, 3.05) is 0 Å². The van der Waals surface area contributed by atoms with E-state index in [1.54, 1.807) is 30.3 Å². The zero-order valence-electron chi connectivity index (χ0n) is 14.2. The number of rotatable bonds is 3. The van der Waals surface area contributed by atoms with Gasteiger partial charge in [-0.15, -0.1) is 0 Å². The van der Waals surface area contributed by atoms with Gasteiger partial charge in [-0.2, -0.15) is 0 Å². The Kier molecular flexibility index (Phi) is 7.49. The van der Waals surface area contributed by atoms with E-state index in [1.807, 2.05) is 51.1 Å². The first kappa shape index (κ1) is 19.2. The van der Waals surface area contributed by atoms with Gasteiger partial charge in [0, 0.05) is 6.54 Å². The summed E-state index contributed by atoms with van der Waals surface area (Å²) >= 11 is 0. The van der Waals surface area contributed by atoms with Crippen molar-refractivity contribution in [3.05, 3.63) is 71.8 Å². The standard InChI is InChI=1S/C12H17NO2.C7H6O2/c1-12(2,3)15-11(14)13-9-10-7-5-4-6-8-10;8-7(9)6-4-2-1-3-5-6/h4-8H,9H2,1-3H3,(H,13,14);1-5H,(H,8,9). The van der Waals surface area contributed by atoms with Crippen LogP contribution >= 0.6 is 0 Å². The van der Waals surface area contributed by atoms with E-state index in [9.17, 15) is 9.59 Å². The van der Waals surface area contributed by atoms with Crippen molar-refractivity contribution in [2.45, 2.75) is 32.9 Å². The van der Waals surface area contributed by atoms with Gasteiger partial charge in [0.05, 0.1) is 5.56 Å². The molecule has 0 saturated carbocycles. The van der Waals surface area contributed by atoms with E-state index in [0.717, 1.165) is 5.56 Å². The average molecular weight is 329 g/mol. The lowest BCUT2D eigenvalue weighted by Crippen LogP contribution is -2.32. The molecule has 2 N–H and O–H groups in total. The molecular weight excluding hydrogens is 306 g/mol. The topological polar surface area (TPSA) is 75.6 Å². The largest absolute Gasteiger partial charge is 0.478 e. The van der Waals surface area contributed by atoms with Crippen LogP contribution in [0.15, 0.2) is 60.7 Å². The predicted octanol–water partition coefficient (Wildman–Crippen LogP) is 4.10. The van der Waals surface area contributed by atoms with Crippen LogP contribution in [0.5, 0.6) is 0 Å². The fourth-order valence-corrected chi connectivity index (χ4v) is 1.66. The summed E-state index contributed by atoms with van der Waals surface area (Å²) in [5, 5.41) is 11.1. The molecule has 0 unspecified atom stereocenters. The van der Waals surface area contributed by atoms with Crippen LogP contribution in [0.4, 0.5) is 4.79 Å². The van der Waals surface area contributed by atoms with Gasteiger partial charge >= 0.3 is 12.1 Å². The van der Waals surface area contributed by atoms with Crippen LogP contribution in [0.2, 0.25) is 0 Å². The Labute approximate surface area is 142 Å². The highest BCUT2D eigenvalue weighted by Crippen LogP contribution is 2.07. The molecule has 2 rings (SSSR count). The van der Waals surface area contributed by atoms with Gasteiger partial charge < -0.3 is 15.2 Å². The number of aromatic carboxylic acids is 1. The van der Waals surface area contributed by atoms with E-state index in [0.29, 0.717) is 12.1 Å². The molecule has 0 spiro atoms. The van der Waals surface area contributed by atoms with Gasteiger partial charge in [0.1, 0.15) is 5.60 Å². The summed E-state index contributed by atoms with van der Waals surface area (Å²) in [6.45, 7) is 6.02. The minimum absolute atomic E-state index is 0.331. The van der Waals surface area contributed by atoms with Crippen LogP contribution in [-0.4, -0.2) is 22.8 Å². The summed E-state index contributed by atoms with van der Waals surface area (Å²) in [5.41, 5.74) is 0.946. The zero-order valence-corrected chi connectivity index (χ0v) is 14.2. The number of carboxylic acid groups (broad SMARTS) is 1. The first-order valence-electron chi connectivity index (χ1n) is 7.57. The Morgan fingerprint density at radius 2 is 1.46 bits per heavy atom. The molecule has 24 heavy (non-hydrogen) atoms. The van der Waals surface area contributed by atoms with Crippen LogP contribution in [0.3, 0.4) is 0 Å². The molecule has 0 radical (unpaired) electrons. The second-order valence-corrected chi connectivity index (χ2v) is 6.01. The third kappa shape index (κ3) is 8.58. The SMILES string of the molecule is CC(C)(C)OC(=O)NCc1ccccc1.O=C(O)c1ccccc1. The molecule has 0 aliphatic rings. The number of amides is 1. The van der Waals surface area contributed by atoms with Crippen LogP contribution in [0.25, 0.3) is 0 Å². The second-order valence-electron chi connectivity index (χ2n) is 6.01. The minimum atomic E-state index is -0.879. The summed E-state index contributed by atoms with van der Waals surface area (Å²) < 4.78 is 5.11. The van der Waals surface area contributed by atoms with Crippen molar-refractivity contribution in [3.8, 4) is 0 Å². The van der Waals surface area contributed by atoms with Crippen molar-refractivity contribution in [1.82, 2.24) is 5.32 Å². The molecule has 5 nitrogen and oxygen atoms in total. The molecule has 0 aliphatic carbocycles. The van der Waals surface area contributed by atoms with Gasteiger partial charge in [0.15, 0.2) is 0 Å². The lowest BCUT2D eigenvalue weighted by atomic mass is 10.2. The first-order valence-corrected chi connectivity index (χ1v) is 7.57. The second kappa shape index (κ2) is 9.35. The molecule has 2 aromatic rings. The van der Waals surface area contributed by atoms with Crippen LogP contribution < -0.4 is 5.32 Å². The van der Waals surface area contributed by atoms with Gasteiger partial charge in [-0.05, 0) is 38.5 Å². The Hall–Kier alpha value is -2.82. The van der Waals surface area contributed by atoms with E-state index < -0.39 is 11.6 Å². The highest BCUT2D eigenvalue weighted by molar-refractivity contribution is 5.87. The molecule has 2 aromatic carbocycles. The molecule has 0 aromatic heterocycles. The Bertz CT molecular complexity index is 633. The van der Waals surface area contributed by atoms with Crippen LogP contribution in [0, 0.1) is 0 Å². The number of carbonyl (C=O) groups is 2. The Morgan fingerprint density at radius 3 is 1.88 bits per heavy atom. The molecule has 0 saturated heterocycles. The maximum absolute atomic E-state index is 11.3. The quantitative estimate of drug-likeness (QED) is 0.889. The predicted molar refractivity (Wildman–Crippen MR) is 92.9 cm³/mol. The number of ether oxygens (including phenoxy) is 1. The number of carboxylic acids is 1. The van der Waals surface area contributed by atoms with Crippen molar-refractivity contribution in [3.63, 3.8) is 0 Å². The molecule has 5 heteroatoms. The number of hydrogen-bond acceptors (Lipinski definition) is 3. The van der Waals surface area contributed by atoms with Crippen molar-refractivity contribution in [1.29, 1.82) is 0 Å². The van der Waals surface area contributed by atoms with Crippen molar-refractivity contribution < 1.29 is 19.4 Å². The molecule has 0 fully saturated rings. The molecule has 0 atom stereocenters. The summed E-state index contributed by atoms with van der Waals surface area (Å²) in [5.74, 6) is -0.879. The maximum atomic E-state index is 11.3. The first-order chi connectivity index (χ1) is 11.3. The number of benzene rings is 2. The molecule has 1 amide bonds. The van der Waals surface area contributed by atoms with E-state index in [4.69, 9.17) is 9.84 Å². The van der Waals surface area contributed by atoms with Gasteiger partial charge in [-0.3, -0.25) is 0 Å². The summed E-state index contributed by atoms with van der Waals surface area (Å²) in [7, 11) is 0. The molecule has 0 heterocycles. The summed E-state index contributed by atoms with van der Waals surface area (Å²) in [6.07, 6.45) is -0.383. The average Bonchev–Trinajstić information content (AvgIpc) is 2.54. The minimum Gasteiger partial charge on any atom is -0.478 e. The molecular formula is C19H23NO4. The smallest absolute Gasteiger partial charge is 0.407 e. The van der Waals surface area contributed by atoms with Gasteiger partial charge in [-0.1, -0.05) is 48.5 Å². The van der Waals surface area contributed by atoms with Crippen molar-refractivity contribution in [2.24, 2.45) is 0 Å². The summed E-state index contributed by atoms with van der Waals surface area (Å²) in [6, 6.07) is 18.0. The molecule has 0 aliphatic heterocycles. The lowest BCUT2D eigenvalue weighted by Gasteiger charge is -2.19. The highest BCUT2D eigenvalue weighted by Gasteiger charge is 2.15. The maximum Gasteiger partial charge on any atom is 0.407 e. The number of alkyl carbamates (subject to hydrolysis) is 1. The van der Waals surface area contributed by atoms with E-state index in [2.05, 4.69) is 5.32 Å². The number of hydrogen-bond donors (Lipinski definition) is 2. The number of carbonyl (C=O) groups excluding carboxylic acids is 1. The number of nitrogens with one attached hydrogen (secondary N) is 1. The van der Waals surface area contributed by atoms with Gasteiger partial charge in [-0.25, -0.2) is 9.59 Å². The summed E-state index contributed by atoms with van der Waals surface area (Å²) in [4.78, 5) is 21.5. The van der Waals surface area contributed by atoms with E-state index >= 15 is 0 Å². The Balaban J connectivity index is 0.000000272. The molecule has 128 valence electrons. The van der Waals surface area contributed by atoms with E-state index in [1.165, 1.54) is 0 Å². The van der Waals surface area contributed by atoms with Crippen LogP contribution in [-0.2, 0) is 11.3 Å².